The topological polar surface area (TPSA) is 88.7 Å². The van der Waals surface area contributed by atoms with E-state index in [0.29, 0.717) is 17.8 Å². The highest BCUT2D eigenvalue weighted by molar-refractivity contribution is 6.17. The summed E-state index contributed by atoms with van der Waals surface area (Å²) in [4.78, 5) is 33.2. The predicted molar refractivity (Wildman–Crippen MR) is 133 cm³/mol. The largest absolute Gasteiger partial charge is 0.478 e. The first-order valence-corrected chi connectivity index (χ1v) is 11.7. The van der Waals surface area contributed by atoms with Crippen LogP contribution in [0.1, 0.15) is 41.0 Å². The van der Waals surface area contributed by atoms with E-state index in [0.717, 1.165) is 54.8 Å². The lowest BCUT2D eigenvalue weighted by Gasteiger charge is -2.30. The molecular formula is C27H30N4O3. The molecule has 1 fully saturated rings. The molecule has 2 aromatic carbocycles. The van der Waals surface area contributed by atoms with Crippen LogP contribution in [0, 0.1) is 0 Å². The van der Waals surface area contributed by atoms with E-state index in [1.165, 1.54) is 6.20 Å². The van der Waals surface area contributed by atoms with Crippen molar-refractivity contribution in [2.45, 2.75) is 25.8 Å². The normalized spacial score (nSPS) is 18.3. The fourth-order valence-corrected chi connectivity index (χ4v) is 5.21. The number of nitrogens with zero attached hydrogens (tertiary/aromatic N) is 2. The molecule has 34 heavy (non-hydrogen) atoms. The number of aliphatic carboxylic acids is 1. The maximum atomic E-state index is 13.6. The van der Waals surface area contributed by atoms with Gasteiger partial charge in [-0.3, -0.25) is 9.69 Å². The number of aromatic nitrogens is 1. The van der Waals surface area contributed by atoms with Gasteiger partial charge >= 0.3 is 5.97 Å². The maximum absolute atomic E-state index is 13.6. The fraction of sp³-hybridized carbons (Fsp3) is 0.333. The van der Waals surface area contributed by atoms with E-state index >= 15 is 0 Å². The van der Waals surface area contributed by atoms with E-state index in [1.807, 2.05) is 48.5 Å². The summed E-state index contributed by atoms with van der Waals surface area (Å²) in [6.07, 6.45) is 1.50. The average Bonchev–Trinajstić information content (AvgIpc) is 3.16. The summed E-state index contributed by atoms with van der Waals surface area (Å²) in [7, 11) is 0. The lowest BCUT2D eigenvalue weighted by atomic mass is 9.81. The minimum Gasteiger partial charge on any atom is -0.478 e. The Hall–Kier alpha value is -3.42. The number of nitrogens with one attached hydrogen (secondary N) is 2. The molecule has 2 aliphatic heterocycles. The number of hydrogen-bond acceptors (Lipinski definition) is 4. The second-order valence-corrected chi connectivity index (χ2v) is 9.81. The van der Waals surface area contributed by atoms with Crippen molar-refractivity contribution in [1.82, 2.24) is 20.1 Å². The van der Waals surface area contributed by atoms with Crippen LogP contribution in [0.2, 0.25) is 0 Å². The number of H-pyrrole nitrogens is 1. The highest BCUT2D eigenvalue weighted by Crippen LogP contribution is 2.40. The standard InChI is InChI=1S/C27H30N4O3/c1-27(2)17-31(16-21(26(33)34)24-23(27)20-8-3-4-9-22(20)29-24)25(32)19-7-5-6-18(14-19)15-30-12-10-28-11-13-30/h3-9,14,16,28-29H,10-13,15,17H2,1-2H3,(H,33,34). The third-order valence-electron chi connectivity index (χ3n) is 6.78. The van der Waals surface area contributed by atoms with Crippen LogP contribution in [-0.2, 0) is 16.8 Å². The molecule has 0 bridgehead atoms. The second-order valence-electron chi connectivity index (χ2n) is 9.81. The third-order valence-corrected chi connectivity index (χ3v) is 6.78. The van der Waals surface area contributed by atoms with E-state index < -0.39 is 11.4 Å². The van der Waals surface area contributed by atoms with Crippen molar-refractivity contribution in [2.75, 3.05) is 32.7 Å². The minimum atomic E-state index is -1.06. The van der Waals surface area contributed by atoms with E-state index in [-0.39, 0.29) is 11.5 Å². The summed E-state index contributed by atoms with van der Waals surface area (Å²) < 4.78 is 0. The molecule has 7 nitrogen and oxygen atoms in total. The van der Waals surface area contributed by atoms with Crippen molar-refractivity contribution in [3.05, 3.63) is 77.1 Å². The van der Waals surface area contributed by atoms with Crippen molar-refractivity contribution < 1.29 is 14.7 Å². The van der Waals surface area contributed by atoms with Crippen molar-refractivity contribution >= 4 is 28.4 Å². The molecule has 0 aliphatic carbocycles. The van der Waals surface area contributed by atoms with Gasteiger partial charge in [0.2, 0.25) is 0 Å². The molecule has 5 rings (SSSR count). The molecule has 0 unspecified atom stereocenters. The Morgan fingerprint density at radius 2 is 1.82 bits per heavy atom. The highest BCUT2D eigenvalue weighted by atomic mass is 16.4. The lowest BCUT2D eigenvalue weighted by molar-refractivity contribution is -0.130. The van der Waals surface area contributed by atoms with Gasteiger partial charge in [-0.1, -0.05) is 44.2 Å². The van der Waals surface area contributed by atoms with Crippen molar-refractivity contribution in [3.63, 3.8) is 0 Å². The SMILES string of the molecule is CC1(C)CN(C(=O)c2cccc(CN3CCNCC3)c2)C=C(C(=O)O)c2[nH]c3ccccc3c21. The van der Waals surface area contributed by atoms with E-state index in [9.17, 15) is 14.7 Å². The van der Waals surface area contributed by atoms with Gasteiger partial charge in [-0.05, 0) is 29.3 Å². The molecular weight excluding hydrogens is 428 g/mol. The molecule has 0 spiro atoms. The van der Waals surface area contributed by atoms with Gasteiger partial charge in [-0.2, -0.15) is 0 Å². The Bertz CT molecular complexity index is 1280. The number of piperazine rings is 1. The number of carbonyl (C=O) groups excluding carboxylic acids is 1. The fourth-order valence-electron chi connectivity index (χ4n) is 5.21. The molecule has 0 atom stereocenters. The predicted octanol–water partition coefficient (Wildman–Crippen LogP) is 3.43. The van der Waals surface area contributed by atoms with Crippen LogP contribution in [0.15, 0.2) is 54.7 Å². The highest BCUT2D eigenvalue weighted by Gasteiger charge is 2.37. The first kappa shape index (κ1) is 22.4. The number of hydrogen-bond donors (Lipinski definition) is 3. The quantitative estimate of drug-likeness (QED) is 0.558. The summed E-state index contributed by atoms with van der Waals surface area (Å²) in [5, 5.41) is 14.4. The van der Waals surface area contributed by atoms with E-state index in [1.54, 1.807) is 4.90 Å². The van der Waals surface area contributed by atoms with Gasteiger partial charge in [0.1, 0.15) is 0 Å². The summed E-state index contributed by atoms with van der Waals surface area (Å²) in [5.74, 6) is -1.25. The Balaban J connectivity index is 1.50. The molecule has 0 saturated carbocycles. The monoisotopic (exact) mass is 458 g/mol. The Morgan fingerprint density at radius 3 is 2.59 bits per heavy atom. The first-order valence-electron chi connectivity index (χ1n) is 11.7. The number of fused-ring (bicyclic) bond motifs is 3. The molecule has 3 heterocycles. The Morgan fingerprint density at radius 1 is 1.06 bits per heavy atom. The van der Waals surface area contributed by atoms with Crippen LogP contribution in [0.3, 0.4) is 0 Å². The number of para-hydroxylation sites is 1. The van der Waals surface area contributed by atoms with Crippen molar-refractivity contribution in [1.29, 1.82) is 0 Å². The van der Waals surface area contributed by atoms with E-state index in [4.69, 9.17) is 0 Å². The smallest absolute Gasteiger partial charge is 0.339 e. The molecule has 3 N–H and O–H groups in total. The number of amides is 1. The molecule has 176 valence electrons. The number of benzene rings is 2. The van der Waals surface area contributed by atoms with Crippen LogP contribution in [0.25, 0.3) is 16.5 Å². The molecule has 2 aliphatic rings. The zero-order valence-corrected chi connectivity index (χ0v) is 19.6. The van der Waals surface area contributed by atoms with Crippen LogP contribution < -0.4 is 5.32 Å². The van der Waals surface area contributed by atoms with Crippen LogP contribution in [0.5, 0.6) is 0 Å². The van der Waals surface area contributed by atoms with Crippen LogP contribution in [0.4, 0.5) is 0 Å². The van der Waals surface area contributed by atoms with Crippen LogP contribution in [-0.4, -0.2) is 64.5 Å². The molecule has 7 heteroatoms. The van der Waals surface area contributed by atoms with Gasteiger partial charge < -0.3 is 20.3 Å². The number of carboxylic acids is 1. The third kappa shape index (κ3) is 4.13. The van der Waals surface area contributed by atoms with Gasteiger partial charge in [-0.15, -0.1) is 0 Å². The molecule has 1 aromatic heterocycles. The minimum absolute atomic E-state index is 0.0992. The zero-order chi connectivity index (χ0) is 23.9. The molecule has 1 amide bonds. The average molecular weight is 459 g/mol. The number of aromatic amines is 1. The number of carbonyl (C=O) groups is 2. The van der Waals surface area contributed by atoms with Crippen molar-refractivity contribution in [2.24, 2.45) is 0 Å². The number of carboxylic acid groups (broad SMARTS) is 1. The van der Waals surface area contributed by atoms with Gasteiger partial charge in [0.05, 0.1) is 11.3 Å². The summed E-state index contributed by atoms with van der Waals surface area (Å²) >= 11 is 0. The first-order chi connectivity index (χ1) is 16.3. The zero-order valence-electron chi connectivity index (χ0n) is 19.6. The molecule has 3 aromatic rings. The molecule has 1 saturated heterocycles. The summed E-state index contributed by atoms with van der Waals surface area (Å²) in [5.41, 5.74) is 3.69. The maximum Gasteiger partial charge on any atom is 0.339 e. The lowest BCUT2D eigenvalue weighted by Crippen LogP contribution is -2.42. The summed E-state index contributed by atoms with van der Waals surface area (Å²) in [6, 6.07) is 15.5. The Kier molecular flexibility index (Phi) is 5.75. The Labute approximate surface area is 199 Å². The van der Waals surface area contributed by atoms with Crippen LogP contribution >= 0.6 is 0 Å². The molecule has 0 radical (unpaired) electrons. The van der Waals surface area contributed by atoms with Gasteiger partial charge in [0.15, 0.2) is 0 Å². The second kappa shape index (κ2) is 8.74. The van der Waals surface area contributed by atoms with Gasteiger partial charge in [0.25, 0.3) is 5.91 Å². The van der Waals surface area contributed by atoms with E-state index in [2.05, 4.69) is 29.0 Å². The van der Waals surface area contributed by atoms with Gasteiger partial charge in [0, 0.05) is 67.3 Å². The van der Waals surface area contributed by atoms with Crippen molar-refractivity contribution in [3.8, 4) is 0 Å². The summed E-state index contributed by atoms with van der Waals surface area (Å²) in [6.45, 7) is 9.19. The van der Waals surface area contributed by atoms with Gasteiger partial charge in [-0.25, -0.2) is 4.79 Å². The number of rotatable bonds is 4.